The summed E-state index contributed by atoms with van der Waals surface area (Å²) in [7, 11) is 3.98. The number of hydrogen-bond donors (Lipinski definition) is 1. The Balaban J connectivity index is 1.58. The van der Waals surface area contributed by atoms with Crippen molar-refractivity contribution in [3.8, 4) is 0 Å². The smallest absolute Gasteiger partial charge is 0.226 e. The van der Waals surface area contributed by atoms with Crippen molar-refractivity contribution in [1.29, 1.82) is 0 Å². The molecule has 0 aromatic carbocycles. The maximum absolute atomic E-state index is 12.9. The van der Waals surface area contributed by atoms with Crippen molar-refractivity contribution < 1.29 is 9.59 Å². The lowest BCUT2D eigenvalue weighted by Crippen LogP contribution is -2.49. The fourth-order valence-corrected chi connectivity index (χ4v) is 4.14. The van der Waals surface area contributed by atoms with E-state index in [4.69, 9.17) is 0 Å². The Labute approximate surface area is 151 Å². The van der Waals surface area contributed by atoms with Crippen molar-refractivity contribution in [3.05, 3.63) is 0 Å². The van der Waals surface area contributed by atoms with E-state index >= 15 is 0 Å². The maximum Gasteiger partial charge on any atom is 0.226 e. The number of hydrogen-bond acceptors (Lipinski definition) is 4. The zero-order valence-corrected chi connectivity index (χ0v) is 15.9. The van der Waals surface area contributed by atoms with Gasteiger partial charge in [0.25, 0.3) is 0 Å². The molecule has 6 heteroatoms. The minimum absolute atomic E-state index is 0.120. The molecule has 0 spiro atoms. The fourth-order valence-electron chi connectivity index (χ4n) is 4.14. The molecule has 0 aromatic heterocycles. The maximum atomic E-state index is 12.9. The standard InChI is InChI=1S/C19H34N4O2/c1-21-9-11-23(12-10-21)19(25)15-5-3-8-17(20-16-6-4-7-16)14-22(2)18(24)13-15/h15-17,20H,3-14H2,1-2H3. The number of piperazine rings is 1. The van der Waals surface area contributed by atoms with Crippen LogP contribution < -0.4 is 5.32 Å². The molecule has 2 unspecified atom stereocenters. The summed E-state index contributed by atoms with van der Waals surface area (Å²) in [5, 5.41) is 3.72. The van der Waals surface area contributed by atoms with Gasteiger partial charge in [-0.2, -0.15) is 0 Å². The summed E-state index contributed by atoms with van der Waals surface area (Å²) < 4.78 is 0. The van der Waals surface area contributed by atoms with Gasteiger partial charge in [-0.3, -0.25) is 9.59 Å². The van der Waals surface area contributed by atoms with E-state index in [1.54, 1.807) is 0 Å². The van der Waals surface area contributed by atoms with E-state index in [2.05, 4.69) is 17.3 Å². The van der Waals surface area contributed by atoms with E-state index in [1.807, 2.05) is 16.8 Å². The highest BCUT2D eigenvalue weighted by Crippen LogP contribution is 2.24. The predicted molar refractivity (Wildman–Crippen MR) is 98.2 cm³/mol. The molecule has 0 bridgehead atoms. The van der Waals surface area contributed by atoms with Gasteiger partial charge in [0.2, 0.25) is 11.8 Å². The van der Waals surface area contributed by atoms with Gasteiger partial charge in [-0.25, -0.2) is 0 Å². The van der Waals surface area contributed by atoms with E-state index < -0.39 is 0 Å². The van der Waals surface area contributed by atoms with E-state index in [0.29, 0.717) is 18.5 Å². The third-order valence-electron chi connectivity index (χ3n) is 6.19. The molecule has 2 aliphatic heterocycles. The highest BCUT2D eigenvalue weighted by Gasteiger charge is 2.31. The molecule has 3 aliphatic rings. The van der Waals surface area contributed by atoms with Gasteiger partial charge >= 0.3 is 0 Å². The molecular weight excluding hydrogens is 316 g/mol. The molecule has 1 saturated carbocycles. The lowest BCUT2D eigenvalue weighted by molar-refractivity contribution is -0.142. The van der Waals surface area contributed by atoms with Crippen molar-refractivity contribution in [1.82, 2.24) is 20.0 Å². The quantitative estimate of drug-likeness (QED) is 0.822. The monoisotopic (exact) mass is 350 g/mol. The van der Waals surface area contributed by atoms with Crippen LogP contribution in [0, 0.1) is 5.92 Å². The zero-order chi connectivity index (χ0) is 17.8. The Kier molecular flexibility index (Phi) is 6.34. The van der Waals surface area contributed by atoms with Crippen LogP contribution in [0.5, 0.6) is 0 Å². The number of amides is 2. The van der Waals surface area contributed by atoms with Gasteiger partial charge in [-0.05, 0) is 32.7 Å². The van der Waals surface area contributed by atoms with Crippen molar-refractivity contribution >= 4 is 11.8 Å². The van der Waals surface area contributed by atoms with Crippen LogP contribution in [0.2, 0.25) is 0 Å². The van der Waals surface area contributed by atoms with E-state index in [-0.39, 0.29) is 17.7 Å². The van der Waals surface area contributed by atoms with E-state index in [9.17, 15) is 9.59 Å². The van der Waals surface area contributed by atoms with Gasteiger partial charge in [0.15, 0.2) is 0 Å². The molecule has 142 valence electrons. The second-order valence-corrected chi connectivity index (χ2v) is 8.23. The number of carbonyl (C=O) groups is 2. The summed E-state index contributed by atoms with van der Waals surface area (Å²) in [6.07, 6.45) is 7.14. The lowest BCUT2D eigenvalue weighted by Gasteiger charge is -2.34. The highest BCUT2D eigenvalue weighted by atomic mass is 16.2. The SMILES string of the molecule is CN1CCN(C(=O)C2CCCC(NC3CCC3)CN(C)C(=O)C2)CC1. The summed E-state index contributed by atoms with van der Waals surface area (Å²) >= 11 is 0. The first-order valence-electron chi connectivity index (χ1n) is 10.0. The van der Waals surface area contributed by atoms with Crippen LogP contribution in [0.3, 0.4) is 0 Å². The van der Waals surface area contributed by atoms with E-state index in [1.165, 1.54) is 19.3 Å². The van der Waals surface area contributed by atoms with Gasteiger partial charge in [0.05, 0.1) is 0 Å². The van der Waals surface area contributed by atoms with Gasteiger partial charge in [-0.15, -0.1) is 0 Å². The zero-order valence-electron chi connectivity index (χ0n) is 15.9. The molecular formula is C19H34N4O2. The van der Waals surface area contributed by atoms with Crippen molar-refractivity contribution in [2.45, 2.75) is 57.0 Å². The molecule has 2 amide bonds. The molecule has 6 nitrogen and oxygen atoms in total. The molecule has 1 N–H and O–H groups in total. The molecule has 3 fully saturated rings. The summed E-state index contributed by atoms with van der Waals surface area (Å²) in [4.78, 5) is 31.6. The molecule has 2 heterocycles. The van der Waals surface area contributed by atoms with Crippen LogP contribution in [-0.4, -0.2) is 85.4 Å². The van der Waals surface area contributed by atoms with Crippen LogP contribution in [0.1, 0.15) is 44.9 Å². The summed E-state index contributed by atoms with van der Waals surface area (Å²) in [5.74, 6) is 0.177. The fraction of sp³-hybridized carbons (Fsp3) is 0.895. The molecule has 3 rings (SSSR count). The van der Waals surface area contributed by atoms with Gasteiger partial charge in [0, 0.05) is 64.2 Å². The molecule has 0 aromatic rings. The minimum atomic E-state index is -0.138. The van der Waals surface area contributed by atoms with Crippen LogP contribution in [0.4, 0.5) is 0 Å². The van der Waals surface area contributed by atoms with Crippen LogP contribution in [0.15, 0.2) is 0 Å². The van der Waals surface area contributed by atoms with Gasteiger partial charge in [0.1, 0.15) is 0 Å². The third kappa shape index (κ3) is 4.94. The van der Waals surface area contributed by atoms with Gasteiger partial charge in [-0.1, -0.05) is 12.8 Å². The number of nitrogens with one attached hydrogen (secondary N) is 1. The number of rotatable bonds is 3. The summed E-state index contributed by atoms with van der Waals surface area (Å²) in [6.45, 7) is 4.22. The Bertz CT molecular complexity index is 472. The molecule has 25 heavy (non-hydrogen) atoms. The van der Waals surface area contributed by atoms with Crippen molar-refractivity contribution in [2.24, 2.45) is 5.92 Å². The predicted octanol–water partition coefficient (Wildman–Crippen LogP) is 0.920. The van der Waals surface area contributed by atoms with Crippen LogP contribution >= 0.6 is 0 Å². The molecule has 0 radical (unpaired) electrons. The first-order valence-corrected chi connectivity index (χ1v) is 10.0. The second kappa shape index (κ2) is 8.49. The number of nitrogens with zero attached hydrogens (tertiary/aromatic N) is 3. The van der Waals surface area contributed by atoms with Crippen molar-refractivity contribution in [3.63, 3.8) is 0 Å². The average molecular weight is 351 g/mol. The second-order valence-electron chi connectivity index (χ2n) is 8.23. The van der Waals surface area contributed by atoms with Crippen LogP contribution in [0.25, 0.3) is 0 Å². The summed E-state index contributed by atoms with van der Waals surface area (Å²) in [6, 6.07) is 1.01. The Hall–Kier alpha value is -1.14. The molecule has 1 aliphatic carbocycles. The van der Waals surface area contributed by atoms with Crippen molar-refractivity contribution in [2.75, 3.05) is 46.8 Å². The first kappa shape index (κ1) is 18.6. The lowest BCUT2D eigenvalue weighted by atomic mass is 9.91. The topological polar surface area (TPSA) is 55.9 Å². The number of carbonyl (C=O) groups excluding carboxylic acids is 2. The van der Waals surface area contributed by atoms with E-state index in [0.717, 1.165) is 52.0 Å². The molecule has 2 atom stereocenters. The highest BCUT2D eigenvalue weighted by molar-refractivity contribution is 5.86. The normalized spacial score (nSPS) is 30.4. The number of likely N-dealkylation sites (N-methyl/N-ethyl adjacent to an activating group) is 2. The molecule has 2 saturated heterocycles. The minimum Gasteiger partial charge on any atom is -0.344 e. The summed E-state index contributed by atoms with van der Waals surface area (Å²) in [5.41, 5.74) is 0. The third-order valence-corrected chi connectivity index (χ3v) is 6.19. The first-order chi connectivity index (χ1) is 12.0. The largest absolute Gasteiger partial charge is 0.344 e. The average Bonchev–Trinajstić information content (AvgIpc) is 2.62. The Morgan fingerprint density at radius 3 is 2.24 bits per heavy atom. The Morgan fingerprint density at radius 2 is 1.60 bits per heavy atom. The van der Waals surface area contributed by atoms with Crippen LogP contribution in [-0.2, 0) is 9.59 Å². The Morgan fingerprint density at radius 1 is 0.960 bits per heavy atom. The van der Waals surface area contributed by atoms with Gasteiger partial charge < -0.3 is 20.0 Å².